The Morgan fingerprint density at radius 2 is 1.80 bits per heavy atom. The van der Waals surface area contributed by atoms with E-state index in [1.165, 1.54) is 0 Å². The van der Waals surface area contributed by atoms with Gasteiger partial charge < -0.3 is 14.6 Å². The predicted molar refractivity (Wildman–Crippen MR) is 100 cm³/mol. The molecule has 0 spiro atoms. The van der Waals surface area contributed by atoms with Crippen LogP contribution in [0.1, 0.15) is 0 Å². The molecule has 2 heterocycles. The number of methoxy groups -OCH3 is 1. The van der Waals surface area contributed by atoms with Gasteiger partial charge in [0.25, 0.3) is 0 Å². The van der Waals surface area contributed by atoms with Crippen LogP contribution in [0.25, 0.3) is 22.2 Å². The summed E-state index contributed by atoms with van der Waals surface area (Å²) >= 11 is 0. The largest absolute Gasteiger partial charge is 0.495 e. The normalized spacial score (nSPS) is 10.8. The maximum atomic E-state index is 5.57. The third-order valence-corrected chi connectivity index (χ3v) is 4.18. The Bertz CT molecular complexity index is 1020. The fourth-order valence-electron chi connectivity index (χ4n) is 2.84. The summed E-state index contributed by atoms with van der Waals surface area (Å²) in [6, 6.07) is 18.3. The smallest absolute Gasteiger partial charge is 0.142 e. The first-order valence-corrected chi connectivity index (χ1v) is 8.02. The molecule has 0 amide bonds. The van der Waals surface area contributed by atoms with E-state index in [1.807, 2.05) is 48.0 Å². The maximum absolute atomic E-state index is 5.57. The average Bonchev–Trinajstić information content (AvgIpc) is 3.03. The van der Waals surface area contributed by atoms with Crippen LogP contribution in [0.5, 0.6) is 5.75 Å². The number of fused-ring (bicyclic) bond motifs is 1. The van der Waals surface area contributed by atoms with Gasteiger partial charge in [-0.1, -0.05) is 36.4 Å². The highest BCUT2D eigenvalue weighted by molar-refractivity contribution is 5.79. The van der Waals surface area contributed by atoms with Crippen molar-refractivity contribution in [3.8, 4) is 16.9 Å². The van der Waals surface area contributed by atoms with E-state index in [-0.39, 0.29) is 0 Å². The molecule has 4 rings (SSSR count). The molecule has 0 atom stereocenters. The van der Waals surface area contributed by atoms with Crippen LogP contribution in [0.3, 0.4) is 0 Å². The second kappa shape index (κ2) is 6.28. The van der Waals surface area contributed by atoms with Gasteiger partial charge in [0.05, 0.1) is 30.8 Å². The standard InChI is InChI=1S/C20H18N4O/c1-24-13-22-17-12-21-20(11-18(17)24)23-16-9-8-15(10-19(16)25-2)14-6-4-3-5-7-14/h3-13H,1-2H3,(H,21,23). The number of imidazole rings is 1. The van der Waals surface area contributed by atoms with Gasteiger partial charge in [0.15, 0.2) is 0 Å². The predicted octanol–water partition coefficient (Wildman–Crippen LogP) is 4.39. The minimum Gasteiger partial charge on any atom is -0.495 e. The van der Waals surface area contributed by atoms with Crippen molar-refractivity contribution in [1.82, 2.24) is 14.5 Å². The molecule has 0 saturated carbocycles. The number of rotatable bonds is 4. The fourth-order valence-corrected chi connectivity index (χ4v) is 2.84. The van der Waals surface area contributed by atoms with Crippen molar-refractivity contribution in [2.75, 3.05) is 12.4 Å². The molecule has 0 aliphatic heterocycles. The van der Waals surface area contributed by atoms with E-state index >= 15 is 0 Å². The number of hydrogen-bond donors (Lipinski definition) is 1. The molecule has 1 N–H and O–H groups in total. The van der Waals surface area contributed by atoms with Crippen molar-refractivity contribution in [2.24, 2.45) is 7.05 Å². The number of aryl methyl sites for hydroxylation is 1. The van der Waals surface area contributed by atoms with E-state index in [2.05, 4.69) is 33.5 Å². The van der Waals surface area contributed by atoms with Crippen LogP contribution < -0.4 is 10.1 Å². The van der Waals surface area contributed by atoms with Gasteiger partial charge in [-0.2, -0.15) is 0 Å². The first kappa shape index (κ1) is 15.2. The monoisotopic (exact) mass is 330 g/mol. The van der Waals surface area contributed by atoms with Crippen LogP contribution in [0, 0.1) is 0 Å². The molecule has 0 radical (unpaired) electrons. The summed E-state index contributed by atoms with van der Waals surface area (Å²) in [5.41, 5.74) is 5.04. The van der Waals surface area contributed by atoms with Gasteiger partial charge in [-0.05, 0) is 23.3 Å². The molecule has 0 bridgehead atoms. The molecule has 0 saturated heterocycles. The van der Waals surface area contributed by atoms with Crippen molar-refractivity contribution in [3.05, 3.63) is 67.1 Å². The summed E-state index contributed by atoms with van der Waals surface area (Å²) in [4.78, 5) is 8.72. The lowest BCUT2D eigenvalue weighted by molar-refractivity contribution is 0.417. The first-order chi connectivity index (χ1) is 12.2. The summed E-state index contributed by atoms with van der Waals surface area (Å²) in [5, 5.41) is 3.33. The summed E-state index contributed by atoms with van der Waals surface area (Å²) in [6.45, 7) is 0. The first-order valence-electron chi connectivity index (χ1n) is 8.02. The zero-order valence-corrected chi connectivity index (χ0v) is 14.1. The third kappa shape index (κ3) is 2.92. The van der Waals surface area contributed by atoms with E-state index in [1.54, 1.807) is 19.6 Å². The molecule has 5 heteroatoms. The minimum atomic E-state index is 0.752. The SMILES string of the molecule is COc1cc(-c2ccccc2)ccc1Nc1cc2c(cn1)ncn2C. The Morgan fingerprint density at radius 3 is 2.60 bits per heavy atom. The van der Waals surface area contributed by atoms with Crippen LogP contribution in [0.4, 0.5) is 11.5 Å². The van der Waals surface area contributed by atoms with Gasteiger partial charge >= 0.3 is 0 Å². The summed E-state index contributed by atoms with van der Waals surface area (Å²) in [6.07, 6.45) is 3.55. The third-order valence-electron chi connectivity index (χ3n) is 4.18. The molecule has 0 aliphatic rings. The Morgan fingerprint density at radius 1 is 0.960 bits per heavy atom. The van der Waals surface area contributed by atoms with Crippen LogP contribution in [-0.2, 0) is 7.05 Å². The summed E-state index contributed by atoms with van der Waals surface area (Å²) in [7, 11) is 3.64. The Balaban J connectivity index is 1.68. The van der Waals surface area contributed by atoms with E-state index in [0.717, 1.165) is 39.4 Å². The summed E-state index contributed by atoms with van der Waals surface area (Å²) in [5.74, 6) is 1.52. The Labute approximate surface area is 145 Å². The molecule has 4 aromatic rings. The van der Waals surface area contributed by atoms with Crippen molar-refractivity contribution in [3.63, 3.8) is 0 Å². The number of nitrogens with one attached hydrogen (secondary N) is 1. The molecule has 124 valence electrons. The Kier molecular flexibility index (Phi) is 3.82. The minimum absolute atomic E-state index is 0.752. The molecule has 2 aromatic carbocycles. The number of aromatic nitrogens is 3. The molecular weight excluding hydrogens is 312 g/mol. The van der Waals surface area contributed by atoms with Crippen LogP contribution in [0.15, 0.2) is 67.1 Å². The molecule has 5 nitrogen and oxygen atoms in total. The van der Waals surface area contributed by atoms with Gasteiger partial charge in [0.1, 0.15) is 17.1 Å². The second-order valence-corrected chi connectivity index (χ2v) is 5.82. The fraction of sp³-hybridized carbons (Fsp3) is 0.100. The van der Waals surface area contributed by atoms with Crippen molar-refractivity contribution in [1.29, 1.82) is 0 Å². The lowest BCUT2D eigenvalue weighted by atomic mass is 10.0. The number of nitrogens with zero attached hydrogens (tertiary/aromatic N) is 3. The number of hydrogen-bond acceptors (Lipinski definition) is 4. The van der Waals surface area contributed by atoms with E-state index in [9.17, 15) is 0 Å². The van der Waals surface area contributed by atoms with Gasteiger partial charge in [0, 0.05) is 13.1 Å². The zero-order valence-electron chi connectivity index (χ0n) is 14.1. The number of benzene rings is 2. The highest BCUT2D eigenvalue weighted by Crippen LogP contribution is 2.32. The highest BCUT2D eigenvalue weighted by atomic mass is 16.5. The number of ether oxygens (including phenoxy) is 1. The van der Waals surface area contributed by atoms with E-state index < -0.39 is 0 Å². The Hall–Kier alpha value is -3.34. The second-order valence-electron chi connectivity index (χ2n) is 5.82. The number of pyridine rings is 1. The molecule has 2 aromatic heterocycles. The van der Waals surface area contributed by atoms with Crippen LogP contribution in [0.2, 0.25) is 0 Å². The summed E-state index contributed by atoms with van der Waals surface area (Å²) < 4.78 is 7.54. The molecule has 25 heavy (non-hydrogen) atoms. The van der Waals surface area contributed by atoms with E-state index in [0.29, 0.717) is 0 Å². The topological polar surface area (TPSA) is 52.0 Å². The van der Waals surface area contributed by atoms with Gasteiger partial charge in [-0.15, -0.1) is 0 Å². The maximum Gasteiger partial charge on any atom is 0.142 e. The molecule has 0 aliphatic carbocycles. The number of anilines is 2. The molecular formula is C20H18N4O. The van der Waals surface area contributed by atoms with Crippen molar-refractivity contribution in [2.45, 2.75) is 0 Å². The quantitative estimate of drug-likeness (QED) is 0.603. The average molecular weight is 330 g/mol. The van der Waals surface area contributed by atoms with Crippen LogP contribution in [-0.4, -0.2) is 21.6 Å². The highest BCUT2D eigenvalue weighted by Gasteiger charge is 2.08. The van der Waals surface area contributed by atoms with Gasteiger partial charge in [-0.3, -0.25) is 0 Å². The van der Waals surface area contributed by atoms with Crippen molar-refractivity contribution < 1.29 is 4.74 Å². The van der Waals surface area contributed by atoms with Crippen molar-refractivity contribution >= 4 is 22.5 Å². The lowest BCUT2D eigenvalue weighted by Gasteiger charge is -2.13. The molecule has 0 fully saturated rings. The zero-order chi connectivity index (χ0) is 17.2. The van der Waals surface area contributed by atoms with Gasteiger partial charge in [-0.25, -0.2) is 9.97 Å². The van der Waals surface area contributed by atoms with E-state index in [4.69, 9.17) is 4.74 Å². The van der Waals surface area contributed by atoms with Crippen LogP contribution >= 0.6 is 0 Å². The molecule has 0 unspecified atom stereocenters. The van der Waals surface area contributed by atoms with Gasteiger partial charge in [0.2, 0.25) is 0 Å². The lowest BCUT2D eigenvalue weighted by Crippen LogP contribution is -1.97.